The van der Waals surface area contributed by atoms with Gasteiger partial charge in [-0.05, 0) is 46.6 Å². The second kappa shape index (κ2) is 7.14. The lowest BCUT2D eigenvalue weighted by Gasteiger charge is -2.11. The number of ether oxygens (including phenoxy) is 2. The SMILES string of the molecule is COc1ccc(COc2nc(C)nc3c(C=O)c(F)c(Br)cc23)cc1. The number of halogens is 2. The molecule has 0 amide bonds. The molecule has 0 aliphatic carbocycles. The summed E-state index contributed by atoms with van der Waals surface area (Å²) in [6.07, 6.45) is 0.447. The highest BCUT2D eigenvalue weighted by atomic mass is 79.9. The second-order valence-electron chi connectivity index (χ2n) is 5.31. The van der Waals surface area contributed by atoms with Crippen molar-refractivity contribution in [1.82, 2.24) is 9.97 Å². The largest absolute Gasteiger partial charge is 0.497 e. The molecule has 0 aliphatic rings. The predicted molar refractivity (Wildman–Crippen MR) is 94.6 cm³/mol. The number of benzene rings is 2. The van der Waals surface area contributed by atoms with Gasteiger partial charge in [0.05, 0.1) is 28.0 Å². The van der Waals surface area contributed by atoms with Crippen molar-refractivity contribution in [2.75, 3.05) is 7.11 Å². The van der Waals surface area contributed by atoms with Gasteiger partial charge in [-0.1, -0.05) is 12.1 Å². The molecule has 3 rings (SSSR count). The number of aromatic nitrogens is 2. The van der Waals surface area contributed by atoms with Gasteiger partial charge in [0.2, 0.25) is 5.88 Å². The Morgan fingerprint density at radius 1 is 1.24 bits per heavy atom. The van der Waals surface area contributed by atoms with Crippen LogP contribution in [-0.4, -0.2) is 23.4 Å². The molecule has 128 valence electrons. The summed E-state index contributed by atoms with van der Waals surface area (Å²) in [5.74, 6) is 0.785. The number of aldehydes is 1. The number of carbonyl (C=O) groups excluding carboxylic acids is 1. The van der Waals surface area contributed by atoms with Gasteiger partial charge in [-0.15, -0.1) is 0 Å². The summed E-state index contributed by atoms with van der Waals surface area (Å²) in [6.45, 7) is 1.93. The van der Waals surface area contributed by atoms with Crippen LogP contribution in [0, 0.1) is 12.7 Å². The highest BCUT2D eigenvalue weighted by molar-refractivity contribution is 9.10. The predicted octanol–water partition coefficient (Wildman–Crippen LogP) is 4.24. The van der Waals surface area contributed by atoms with Crippen molar-refractivity contribution in [3.05, 3.63) is 57.6 Å². The first-order valence-electron chi connectivity index (χ1n) is 7.40. The highest BCUT2D eigenvalue weighted by Crippen LogP contribution is 2.31. The normalized spacial score (nSPS) is 10.7. The van der Waals surface area contributed by atoms with E-state index in [1.165, 1.54) is 6.07 Å². The standard InChI is InChI=1S/C18H14BrFN2O3/c1-10-21-17-13(7-15(19)16(20)14(17)8-23)18(22-10)25-9-11-3-5-12(24-2)6-4-11/h3-8H,9H2,1-2H3. The number of hydrogen-bond donors (Lipinski definition) is 0. The Kier molecular flexibility index (Phi) is 4.94. The van der Waals surface area contributed by atoms with E-state index in [0.29, 0.717) is 23.4 Å². The monoisotopic (exact) mass is 404 g/mol. The first-order chi connectivity index (χ1) is 12.0. The molecule has 0 radical (unpaired) electrons. The van der Waals surface area contributed by atoms with E-state index in [4.69, 9.17) is 9.47 Å². The van der Waals surface area contributed by atoms with E-state index in [0.717, 1.165) is 11.3 Å². The summed E-state index contributed by atoms with van der Waals surface area (Å²) in [5, 5.41) is 0.467. The topological polar surface area (TPSA) is 61.3 Å². The molecule has 0 spiro atoms. The molecule has 0 bridgehead atoms. The van der Waals surface area contributed by atoms with Gasteiger partial charge in [0.25, 0.3) is 0 Å². The van der Waals surface area contributed by atoms with Crippen LogP contribution in [-0.2, 0) is 6.61 Å². The minimum atomic E-state index is -0.651. The lowest BCUT2D eigenvalue weighted by molar-refractivity contribution is 0.112. The fourth-order valence-corrected chi connectivity index (χ4v) is 2.85. The summed E-state index contributed by atoms with van der Waals surface area (Å²) in [7, 11) is 1.60. The zero-order chi connectivity index (χ0) is 18.0. The molecule has 5 nitrogen and oxygen atoms in total. The van der Waals surface area contributed by atoms with Crippen molar-refractivity contribution < 1.29 is 18.7 Å². The number of methoxy groups -OCH3 is 1. The van der Waals surface area contributed by atoms with Crippen LogP contribution in [0.25, 0.3) is 10.9 Å². The van der Waals surface area contributed by atoms with Gasteiger partial charge in [-0.25, -0.2) is 9.37 Å². The fraction of sp³-hybridized carbons (Fsp3) is 0.167. The van der Waals surface area contributed by atoms with Gasteiger partial charge in [0, 0.05) is 0 Å². The first-order valence-corrected chi connectivity index (χ1v) is 8.20. The lowest BCUT2D eigenvalue weighted by Crippen LogP contribution is -2.03. The summed E-state index contributed by atoms with van der Waals surface area (Å²) >= 11 is 3.11. The van der Waals surface area contributed by atoms with Crippen LogP contribution in [0.4, 0.5) is 4.39 Å². The molecule has 0 saturated heterocycles. The Labute approximate surface area is 151 Å². The third-order valence-corrected chi connectivity index (χ3v) is 4.22. The van der Waals surface area contributed by atoms with Crippen molar-refractivity contribution in [1.29, 1.82) is 0 Å². The van der Waals surface area contributed by atoms with E-state index in [1.54, 1.807) is 14.0 Å². The molecule has 25 heavy (non-hydrogen) atoms. The highest BCUT2D eigenvalue weighted by Gasteiger charge is 2.17. The molecular formula is C18H14BrFN2O3. The molecule has 0 saturated carbocycles. The quantitative estimate of drug-likeness (QED) is 0.595. The number of fused-ring (bicyclic) bond motifs is 1. The number of rotatable bonds is 5. The van der Waals surface area contributed by atoms with E-state index in [9.17, 15) is 9.18 Å². The second-order valence-corrected chi connectivity index (χ2v) is 6.17. The Hall–Kier alpha value is -2.54. The van der Waals surface area contributed by atoms with Crippen LogP contribution in [0.5, 0.6) is 11.6 Å². The van der Waals surface area contributed by atoms with Gasteiger partial charge < -0.3 is 9.47 Å². The van der Waals surface area contributed by atoms with Gasteiger partial charge in [-0.3, -0.25) is 4.79 Å². The van der Waals surface area contributed by atoms with Gasteiger partial charge >= 0.3 is 0 Å². The average molecular weight is 405 g/mol. The summed E-state index contributed by atoms with van der Waals surface area (Å²) < 4.78 is 25.2. The van der Waals surface area contributed by atoms with Crippen LogP contribution < -0.4 is 9.47 Å². The molecule has 0 atom stereocenters. The van der Waals surface area contributed by atoms with Crippen molar-refractivity contribution in [2.45, 2.75) is 13.5 Å². The first kappa shape index (κ1) is 17.3. The van der Waals surface area contributed by atoms with Crippen molar-refractivity contribution >= 4 is 33.1 Å². The van der Waals surface area contributed by atoms with E-state index in [2.05, 4.69) is 25.9 Å². The van der Waals surface area contributed by atoms with E-state index in [1.807, 2.05) is 24.3 Å². The Morgan fingerprint density at radius 3 is 2.60 bits per heavy atom. The van der Waals surface area contributed by atoms with E-state index in [-0.39, 0.29) is 22.2 Å². The molecule has 0 aliphatic heterocycles. The maximum Gasteiger partial charge on any atom is 0.225 e. The molecule has 7 heteroatoms. The molecule has 3 aromatic rings. The number of aryl methyl sites for hydroxylation is 1. The third-order valence-electron chi connectivity index (χ3n) is 3.65. The number of carbonyl (C=O) groups is 1. The molecule has 1 aromatic heterocycles. The average Bonchev–Trinajstić information content (AvgIpc) is 2.62. The summed E-state index contributed by atoms with van der Waals surface area (Å²) in [4.78, 5) is 19.7. The van der Waals surface area contributed by atoms with Gasteiger partial charge in [-0.2, -0.15) is 4.98 Å². The lowest BCUT2D eigenvalue weighted by atomic mass is 10.1. The molecular weight excluding hydrogens is 391 g/mol. The van der Waals surface area contributed by atoms with E-state index >= 15 is 0 Å². The summed E-state index contributed by atoms with van der Waals surface area (Å²) in [5.41, 5.74) is 1.03. The van der Waals surface area contributed by atoms with Crippen molar-refractivity contribution in [2.24, 2.45) is 0 Å². The molecule has 0 N–H and O–H groups in total. The van der Waals surface area contributed by atoms with Crippen LogP contribution in [0.1, 0.15) is 21.7 Å². The van der Waals surface area contributed by atoms with Gasteiger partial charge in [0.1, 0.15) is 24.0 Å². The fourth-order valence-electron chi connectivity index (χ4n) is 2.40. The zero-order valence-corrected chi connectivity index (χ0v) is 15.1. The smallest absolute Gasteiger partial charge is 0.225 e. The van der Waals surface area contributed by atoms with Crippen LogP contribution >= 0.6 is 15.9 Å². The maximum atomic E-state index is 14.1. The minimum Gasteiger partial charge on any atom is -0.497 e. The zero-order valence-electron chi connectivity index (χ0n) is 13.5. The van der Waals surface area contributed by atoms with E-state index < -0.39 is 5.82 Å². The number of nitrogens with zero attached hydrogens (tertiary/aromatic N) is 2. The van der Waals surface area contributed by atoms with Crippen LogP contribution in [0.3, 0.4) is 0 Å². The van der Waals surface area contributed by atoms with Gasteiger partial charge in [0.15, 0.2) is 6.29 Å². The molecule has 0 unspecified atom stereocenters. The molecule has 1 heterocycles. The maximum absolute atomic E-state index is 14.1. The number of hydrogen-bond acceptors (Lipinski definition) is 5. The van der Waals surface area contributed by atoms with Crippen molar-refractivity contribution in [3.63, 3.8) is 0 Å². The van der Waals surface area contributed by atoms with Crippen molar-refractivity contribution in [3.8, 4) is 11.6 Å². The summed E-state index contributed by atoms with van der Waals surface area (Å²) in [6, 6.07) is 8.93. The third kappa shape index (κ3) is 3.46. The van der Waals surface area contributed by atoms with Crippen LogP contribution in [0.2, 0.25) is 0 Å². The minimum absolute atomic E-state index is 0.121. The van der Waals surface area contributed by atoms with Crippen LogP contribution in [0.15, 0.2) is 34.8 Å². The molecule has 0 fully saturated rings. The molecule has 2 aromatic carbocycles. The Bertz CT molecular complexity index is 945. The Balaban J connectivity index is 2.00. The Morgan fingerprint density at radius 2 is 1.96 bits per heavy atom.